The standard InChI is InChI=1S/CH3IS2/c2-4-1-3/h3H,1H2. The molecule has 0 aromatic rings. The van der Waals surface area contributed by atoms with Gasteiger partial charge in [0, 0.05) is 5.08 Å². The molecule has 0 aliphatic carbocycles. The lowest BCUT2D eigenvalue weighted by molar-refractivity contribution is 2.37. The minimum absolute atomic E-state index is 0.917. The third-order valence-electron chi connectivity index (χ3n) is 0.0488. The number of hydrogen-bond donors (Lipinski definition) is 1. The Labute approximate surface area is 47.7 Å². The predicted octanol–water partition coefficient (Wildman–Crippen LogP) is 1.96. The van der Waals surface area contributed by atoms with Gasteiger partial charge < -0.3 is 0 Å². The molecule has 0 unspecified atom stereocenters. The molecule has 0 aliphatic rings. The first kappa shape index (κ1) is 5.43. The summed E-state index contributed by atoms with van der Waals surface area (Å²) < 4.78 is 0. The number of hydrogen-bond acceptors (Lipinski definition) is 2. The molecule has 4 heavy (non-hydrogen) atoms. The van der Waals surface area contributed by atoms with Gasteiger partial charge >= 0.3 is 0 Å². The van der Waals surface area contributed by atoms with Crippen LogP contribution in [0.5, 0.6) is 0 Å². The van der Waals surface area contributed by atoms with E-state index in [4.69, 9.17) is 0 Å². The molecule has 0 radical (unpaired) electrons. The molecular weight excluding hydrogens is 203 g/mol. The van der Waals surface area contributed by atoms with Gasteiger partial charge in [-0.1, -0.05) is 8.93 Å². The highest BCUT2D eigenvalue weighted by molar-refractivity contribution is 14.2. The zero-order valence-electron chi connectivity index (χ0n) is 1.94. The lowest BCUT2D eigenvalue weighted by Gasteiger charge is -1.65. The molecule has 0 spiro atoms. The minimum atomic E-state index is 0.917. The van der Waals surface area contributed by atoms with Gasteiger partial charge in [0.2, 0.25) is 0 Å². The van der Waals surface area contributed by atoms with E-state index in [9.17, 15) is 0 Å². The summed E-state index contributed by atoms with van der Waals surface area (Å²) in [7, 11) is 1.69. The van der Waals surface area contributed by atoms with E-state index in [2.05, 4.69) is 33.8 Å². The van der Waals surface area contributed by atoms with Crippen LogP contribution in [0.15, 0.2) is 0 Å². The highest BCUT2D eigenvalue weighted by Gasteiger charge is 1.59. The second-order valence-electron chi connectivity index (χ2n) is 0.238. The van der Waals surface area contributed by atoms with Crippen molar-refractivity contribution in [1.82, 2.24) is 0 Å². The van der Waals surface area contributed by atoms with Crippen molar-refractivity contribution >= 4 is 42.8 Å². The summed E-state index contributed by atoms with van der Waals surface area (Å²) in [6.07, 6.45) is 0. The molecule has 0 aromatic heterocycles. The van der Waals surface area contributed by atoms with Crippen molar-refractivity contribution in [3.8, 4) is 0 Å². The summed E-state index contributed by atoms with van der Waals surface area (Å²) in [6.45, 7) is 0. The zero-order valence-corrected chi connectivity index (χ0v) is 5.81. The van der Waals surface area contributed by atoms with E-state index in [0.29, 0.717) is 0 Å². The smallest absolute Gasteiger partial charge is 0.0462 e. The van der Waals surface area contributed by atoms with Crippen molar-refractivity contribution in [3.05, 3.63) is 0 Å². The van der Waals surface area contributed by atoms with E-state index < -0.39 is 0 Å². The molecule has 0 atom stereocenters. The Morgan fingerprint density at radius 3 is 2.25 bits per heavy atom. The van der Waals surface area contributed by atoms with E-state index in [1.165, 1.54) is 0 Å². The van der Waals surface area contributed by atoms with E-state index in [-0.39, 0.29) is 0 Å². The molecule has 0 bridgehead atoms. The number of halogens is 1. The summed E-state index contributed by atoms with van der Waals surface area (Å²) in [5.41, 5.74) is 0. The molecule has 0 heterocycles. The van der Waals surface area contributed by atoms with E-state index in [1.54, 1.807) is 8.93 Å². The first-order valence-corrected chi connectivity index (χ1v) is 4.92. The molecule has 0 nitrogen and oxygen atoms in total. The molecule has 26 valence electrons. The summed E-state index contributed by atoms with van der Waals surface area (Å²) in [5, 5.41) is 0.917. The third-order valence-corrected chi connectivity index (χ3v) is 2.95. The predicted molar refractivity (Wildman–Crippen MR) is 35.5 cm³/mol. The molecule has 0 saturated carbocycles. The van der Waals surface area contributed by atoms with Gasteiger partial charge in [-0.25, -0.2) is 0 Å². The van der Waals surface area contributed by atoms with Crippen LogP contribution in [0.3, 0.4) is 0 Å². The van der Waals surface area contributed by atoms with Gasteiger partial charge in [-0.3, -0.25) is 0 Å². The fourth-order valence-corrected chi connectivity index (χ4v) is 0. The van der Waals surface area contributed by atoms with Gasteiger partial charge in [0.15, 0.2) is 0 Å². The van der Waals surface area contributed by atoms with Crippen LogP contribution in [0.25, 0.3) is 0 Å². The highest BCUT2D eigenvalue weighted by Crippen LogP contribution is 2.10. The van der Waals surface area contributed by atoms with Gasteiger partial charge in [-0.2, -0.15) is 12.6 Å². The lowest BCUT2D eigenvalue weighted by atomic mass is 11.9. The molecule has 0 fully saturated rings. The topological polar surface area (TPSA) is 0 Å². The summed E-state index contributed by atoms with van der Waals surface area (Å²) in [5.74, 6) is 0. The SMILES string of the molecule is SCSI. The molecule has 0 aromatic carbocycles. The second kappa shape index (κ2) is 4.43. The van der Waals surface area contributed by atoms with Gasteiger partial charge in [0.05, 0.1) is 0 Å². The maximum absolute atomic E-state index is 3.88. The first-order valence-electron chi connectivity index (χ1n) is 0.759. The van der Waals surface area contributed by atoms with Crippen LogP contribution < -0.4 is 0 Å². The largest absolute Gasteiger partial charge is 0.168 e. The fourth-order valence-electron chi connectivity index (χ4n) is 0. The van der Waals surface area contributed by atoms with Crippen molar-refractivity contribution in [3.63, 3.8) is 0 Å². The summed E-state index contributed by atoms with van der Waals surface area (Å²) in [6, 6.07) is 0. The normalized spacial score (nSPS) is 7.50. The van der Waals surface area contributed by atoms with Crippen LogP contribution in [0, 0.1) is 0 Å². The Balaban J connectivity index is 1.97. The Bertz CT molecular complexity index is 8.00. The lowest BCUT2D eigenvalue weighted by Crippen LogP contribution is -1.35. The van der Waals surface area contributed by atoms with Crippen molar-refractivity contribution in [2.24, 2.45) is 0 Å². The van der Waals surface area contributed by atoms with Crippen molar-refractivity contribution in [1.29, 1.82) is 0 Å². The van der Waals surface area contributed by atoms with E-state index in [1.807, 2.05) is 0 Å². The number of rotatable bonds is 1. The molecule has 0 amide bonds. The first-order chi connectivity index (χ1) is 1.91. The highest BCUT2D eigenvalue weighted by atomic mass is 127. The average molecular weight is 206 g/mol. The van der Waals surface area contributed by atoms with Crippen LogP contribution in [-0.4, -0.2) is 5.08 Å². The molecule has 3 heteroatoms. The molecule has 0 aliphatic heterocycles. The molecule has 0 saturated heterocycles. The number of thiol groups is 1. The fraction of sp³-hybridized carbons (Fsp3) is 1.00. The van der Waals surface area contributed by atoms with E-state index >= 15 is 0 Å². The Morgan fingerprint density at radius 1 is 2.00 bits per heavy atom. The van der Waals surface area contributed by atoms with Gasteiger partial charge in [0.25, 0.3) is 0 Å². The van der Waals surface area contributed by atoms with Crippen LogP contribution in [0.2, 0.25) is 0 Å². The Kier molecular flexibility index (Phi) is 6.01. The molecule has 0 rings (SSSR count). The van der Waals surface area contributed by atoms with Crippen LogP contribution in [-0.2, 0) is 0 Å². The van der Waals surface area contributed by atoms with Crippen LogP contribution >= 0.6 is 42.8 Å². The summed E-state index contributed by atoms with van der Waals surface area (Å²) in [4.78, 5) is 0. The summed E-state index contributed by atoms with van der Waals surface area (Å²) >= 11 is 6.07. The quantitative estimate of drug-likeness (QED) is 0.388. The van der Waals surface area contributed by atoms with Crippen molar-refractivity contribution in [2.45, 2.75) is 0 Å². The van der Waals surface area contributed by atoms with Gasteiger partial charge in [-0.05, 0) is 21.2 Å². The monoisotopic (exact) mass is 206 g/mol. The minimum Gasteiger partial charge on any atom is -0.168 e. The van der Waals surface area contributed by atoms with Gasteiger partial charge in [-0.15, -0.1) is 0 Å². The molecule has 0 N–H and O–H groups in total. The Morgan fingerprint density at radius 2 is 2.25 bits per heavy atom. The zero-order chi connectivity index (χ0) is 3.41. The molecular formula is CH3IS2. The Hall–Kier alpha value is 1.43. The maximum Gasteiger partial charge on any atom is 0.0462 e. The average Bonchev–Trinajstić information content (AvgIpc) is 1.37. The van der Waals surface area contributed by atoms with Crippen molar-refractivity contribution < 1.29 is 0 Å². The third kappa shape index (κ3) is 3.43. The van der Waals surface area contributed by atoms with Crippen LogP contribution in [0.4, 0.5) is 0 Å². The van der Waals surface area contributed by atoms with Crippen LogP contribution in [0.1, 0.15) is 0 Å². The second-order valence-corrected chi connectivity index (χ2v) is 3.36. The van der Waals surface area contributed by atoms with Crippen molar-refractivity contribution in [2.75, 3.05) is 5.08 Å². The maximum atomic E-state index is 3.88. The van der Waals surface area contributed by atoms with E-state index in [0.717, 1.165) is 5.08 Å². The van der Waals surface area contributed by atoms with Gasteiger partial charge in [0.1, 0.15) is 0 Å².